The van der Waals surface area contributed by atoms with Crippen LogP contribution in [-0.2, 0) is 6.42 Å². The second kappa shape index (κ2) is 5.83. The maximum Gasteiger partial charge on any atom is 0.133 e. The third-order valence-electron chi connectivity index (χ3n) is 4.33. The van der Waals surface area contributed by atoms with Crippen LogP contribution in [0.1, 0.15) is 63.6 Å². The fourth-order valence-electron chi connectivity index (χ4n) is 2.96. The van der Waals surface area contributed by atoms with Gasteiger partial charge in [0.25, 0.3) is 0 Å². The van der Waals surface area contributed by atoms with Gasteiger partial charge < -0.3 is 10.3 Å². The second-order valence-corrected chi connectivity index (χ2v) is 5.78. The molecule has 1 heterocycles. The molecular weight excluding hydrogens is 224 g/mol. The molecule has 0 radical (unpaired) electrons. The van der Waals surface area contributed by atoms with Crippen LogP contribution in [-0.4, -0.2) is 20.8 Å². The Bertz CT molecular complexity index is 377. The summed E-state index contributed by atoms with van der Waals surface area (Å²) in [6.45, 7) is 6.52. The van der Waals surface area contributed by atoms with E-state index in [0.29, 0.717) is 12.1 Å². The van der Waals surface area contributed by atoms with Gasteiger partial charge in [-0.05, 0) is 51.9 Å². The molecule has 18 heavy (non-hydrogen) atoms. The van der Waals surface area contributed by atoms with Crippen LogP contribution in [0.3, 0.4) is 0 Å². The van der Waals surface area contributed by atoms with Gasteiger partial charge in [0.05, 0.1) is 0 Å². The predicted molar refractivity (Wildman–Crippen MR) is 73.4 cm³/mol. The summed E-state index contributed by atoms with van der Waals surface area (Å²) in [5.74, 6) is 2.96. The van der Waals surface area contributed by atoms with Gasteiger partial charge >= 0.3 is 0 Å². The number of hydrogen-bond donors (Lipinski definition) is 1. The molecule has 1 unspecified atom stereocenters. The van der Waals surface area contributed by atoms with E-state index < -0.39 is 0 Å². The predicted octanol–water partition coefficient (Wildman–Crippen LogP) is 2.62. The molecule has 1 saturated carbocycles. The fourth-order valence-corrected chi connectivity index (χ4v) is 2.96. The molecule has 2 N–H and O–H groups in total. The Hall–Kier alpha value is -0.900. The zero-order chi connectivity index (χ0) is 13.1. The molecule has 0 amide bonds. The minimum absolute atomic E-state index is 0.426. The van der Waals surface area contributed by atoms with Gasteiger partial charge in [-0.25, -0.2) is 0 Å². The summed E-state index contributed by atoms with van der Waals surface area (Å²) in [5, 5.41) is 8.63. The zero-order valence-corrected chi connectivity index (χ0v) is 11.9. The number of rotatable bonds is 4. The van der Waals surface area contributed by atoms with Crippen molar-refractivity contribution >= 4 is 0 Å². The van der Waals surface area contributed by atoms with E-state index in [1.54, 1.807) is 0 Å². The fraction of sp³-hybridized carbons (Fsp3) is 0.857. The van der Waals surface area contributed by atoms with E-state index in [9.17, 15) is 0 Å². The average Bonchev–Trinajstić information content (AvgIpc) is 2.72. The first-order valence-corrected chi connectivity index (χ1v) is 7.27. The molecule has 1 atom stereocenters. The summed E-state index contributed by atoms with van der Waals surface area (Å²) in [6.07, 6.45) is 7.02. The third kappa shape index (κ3) is 2.91. The van der Waals surface area contributed by atoms with Crippen LogP contribution in [0.2, 0.25) is 0 Å². The Labute approximate surface area is 110 Å². The minimum atomic E-state index is 0.426. The molecule has 1 aromatic heterocycles. The van der Waals surface area contributed by atoms with Crippen molar-refractivity contribution in [3.8, 4) is 0 Å². The summed E-state index contributed by atoms with van der Waals surface area (Å²) in [6, 6.07) is 0.927. The first kappa shape index (κ1) is 13.5. The van der Waals surface area contributed by atoms with Gasteiger partial charge in [-0.1, -0.05) is 6.92 Å². The molecule has 1 aromatic rings. The van der Waals surface area contributed by atoms with Gasteiger partial charge in [-0.15, -0.1) is 10.2 Å². The summed E-state index contributed by atoms with van der Waals surface area (Å²) < 4.78 is 2.31. The lowest BCUT2D eigenvalue weighted by molar-refractivity contribution is 0.315. The third-order valence-corrected chi connectivity index (χ3v) is 4.33. The van der Waals surface area contributed by atoms with Gasteiger partial charge in [-0.3, -0.25) is 0 Å². The van der Waals surface area contributed by atoms with Gasteiger partial charge in [0.1, 0.15) is 11.6 Å². The maximum atomic E-state index is 5.96. The lowest BCUT2D eigenvalue weighted by Crippen LogP contribution is -2.27. The molecule has 0 aromatic carbocycles. The highest BCUT2D eigenvalue weighted by Crippen LogP contribution is 2.27. The van der Waals surface area contributed by atoms with Crippen molar-refractivity contribution in [3.63, 3.8) is 0 Å². The average molecular weight is 250 g/mol. The van der Waals surface area contributed by atoms with E-state index in [2.05, 4.69) is 35.5 Å². The summed E-state index contributed by atoms with van der Waals surface area (Å²) in [5.41, 5.74) is 5.96. The number of hydrogen-bond acceptors (Lipinski definition) is 3. The van der Waals surface area contributed by atoms with Crippen molar-refractivity contribution in [1.29, 1.82) is 0 Å². The summed E-state index contributed by atoms with van der Waals surface area (Å²) >= 11 is 0. The number of nitrogens with two attached hydrogens (primary N) is 1. The molecular formula is C14H26N4. The smallest absolute Gasteiger partial charge is 0.133 e. The first-order valence-electron chi connectivity index (χ1n) is 7.27. The molecule has 4 nitrogen and oxygen atoms in total. The van der Waals surface area contributed by atoms with Crippen LogP contribution in [0.5, 0.6) is 0 Å². The molecule has 0 aliphatic heterocycles. The Morgan fingerprint density at radius 3 is 2.56 bits per heavy atom. The normalized spacial score (nSPS) is 26.2. The highest BCUT2D eigenvalue weighted by atomic mass is 15.3. The van der Waals surface area contributed by atoms with Crippen molar-refractivity contribution in [2.45, 2.75) is 71.4 Å². The molecule has 2 rings (SSSR count). The number of aromatic nitrogens is 3. The highest BCUT2D eigenvalue weighted by molar-refractivity contribution is 4.98. The standard InChI is InChI=1S/C14H26N4/c1-4-10(2)18-11(3)16-17-14(18)9-12-5-7-13(15)8-6-12/h10,12-13H,4-9,15H2,1-3H3. The first-order chi connectivity index (χ1) is 8.61. The van der Waals surface area contributed by atoms with Crippen LogP contribution in [0, 0.1) is 12.8 Å². The SMILES string of the molecule is CCC(C)n1c(C)nnc1CC1CCC(N)CC1. The lowest BCUT2D eigenvalue weighted by Gasteiger charge is -2.26. The van der Waals surface area contributed by atoms with Crippen LogP contribution in [0.15, 0.2) is 0 Å². The lowest BCUT2D eigenvalue weighted by atomic mass is 9.84. The van der Waals surface area contributed by atoms with E-state index in [4.69, 9.17) is 5.73 Å². The van der Waals surface area contributed by atoms with Gasteiger partial charge in [-0.2, -0.15) is 0 Å². The van der Waals surface area contributed by atoms with E-state index in [0.717, 1.165) is 24.6 Å². The molecule has 0 bridgehead atoms. The van der Waals surface area contributed by atoms with Crippen LogP contribution >= 0.6 is 0 Å². The van der Waals surface area contributed by atoms with Crippen LogP contribution in [0.25, 0.3) is 0 Å². The highest BCUT2D eigenvalue weighted by Gasteiger charge is 2.22. The molecule has 0 spiro atoms. The molecule has 1 fully saturated rings. The van der Waals surface area contributed by atoms with Crippen molar-refractivity contribution in [1.82, 2.24) is 14.8 Å². The van der Waals surface area contributed by atoms with Gasteiger partial charge in [0.15, 0.2) is 0 Å². The van der Waals surface area contributed by atoms with Crippen molar-refractivity contribution in [3.05, 3.63) is 11.6 Å². The molecule has 4 heteroatoms. The number of aryl methyl sites for hydroxylation is 1. The molecule has 1 aliphatic rings. The van der Waals surface area contributed by atoms with Gasteiger partial charge in [0, 0.05) is 18.5 Å². The van der Waals surface area contributed by atoms with E-state index >= 15 is 0 Å². The minimum Gasteiger partial charge on any atom is -0.328 e. The van der Waals surface area contributed by atoms with E-state index in [-0.39, 0.29) is 0 Å². The van der Waals surface area contributed by atoms with E-state index in [1.165, 1.54) is 31.5 Å². The summed E-state index contributed by atoms with van der Waals surface area (Å²) in [4.78, 5) is 0. The molecule has 1 aliphatic carbocycles. The Kier molecular flexibility index (Phi) is 4.38. The summed E-state index contributed by atoms with van der Waals surface area (Å²) in [7, 11) is 0. The second-order valence-electron chi connectivity index (χ2n) is 5.78. The van der Waals surface area contributed by atoms with Crippen molar-refractivity contribution in [2.75, 3.05) is 0 Å². The Morgan fingerprint density at radius 1 is 1.28 bits per heavy atom. The Morgan fingerprint density at radius 2 is 1.94 bits per heavy atom. The largest absolute Gasteiger partial charge is 0.328 e. The number of nitrogens with zero attached hydrogens (tertiary/aromatic N) is 3. The van der Waals surface area contributed by atoms with Crippen LogP contribution < -0.4 is 5.73 Å². The molecule has 0 saturated heterocycles. The quantitative estimate of drug-likeness (QED) is 0.893. The van der Waals surface area contributed by atoms with Crippen molar-refractivity contribution in [2.24, 2.45) is 11.7 Å². The molecule has 102 valence electrons. The topological polar surface area (TPSA) is 56.7 Å². The van der Waals surface area contributed by atoms with Crippen molar-refractivity contribution < 1.29 is 0 Å². The zero-order valence-electron chi connectivity index (χ0n) is 11.9. The maximum absolute atomic E-state index is 5.96. The van der Waals surface area contributed by atoms with Gasteiger partial charge in [0.2, 0.25) is 0 Å². The Balaban J connectivity index is 2.05. The monoisotopic (exact) mass is 250 g/mol. The van der Waals surface area contributed by atoms with E-state index in [1.807, 2.05) is 0 Å². The van der Waals surface area contributed by atoms with Crippen LogP contribution in [0.4, 0.5) is 0 Å².